The first-order valence-corrected chi connectivity index (χ1v) is 8.61. The van der Waals surface area contributed by atoms with E-state index in [-0.39, 0.29) is 24.8 Å². The van der Waals surface area contributed by atoms with Crippen molar-refractivity contribution in [2.45, 2.75) is 12.7 Å². The molecule has 25 heavy (non-hydrogen) atoms. The summed E-state index contributed by atoms with van der Waals surface area (Å²) in [5.41, 5.74) is 1.05. The Labute approximate surface area is 154 Å². The number of hydrogen-bond acceptors (Lipinski definition) is 6. The molecule has 0 aliphatic heterocycles. The van der Waals surface area contributed by atoms with Crippen LogP contribution in [-0.4, -0.2) is 43.9 Å². The van der Waals surface area contributed by atoms with Crippen LogP contribution in [0.2, 0.25) is 5.02 Å². The number of methoxy groups -OCH3 is 2. The van der Waals surface area contributed by atoms with Crippen molar-refractivity contribution in [3.8, 4) is 0 Å². The minimum Gasteiger partial charge on any atom is -0.354 e. The van der Waals surface area contributed by atoms with Gasteiger partial charge in [-0.1, -0.05) is 11.6 Å². The Morgan fingerprint density at radius 3 is 2.56 bits per heavy atom. The van der Waals surface area contributed by atoms with Crippen molar-refractivity contribution >= 4 is 39.9 Å². The van der Waals surface area contributed by atoms with Gasteiger partial charge in [-0.05, 0) is 24.3 Å². The molecule has 7 nitrogen and oxygen atoms in total. The molecule has 1 heterocycles. The molecule has 0 saturated carbocycles. The van der Waals surface area contributed by atoms with Crippen LogP contribution in [0.25, 0.3) is 0 Å². The van der Waals surface area contributed by atoms with Crippen molar-refractivity contribution < 1.29 is 19.1 Å². The van der Waals surface area contributed by atoms with Crippen LogP contribution in [0.1, 0.15) is 16.1 Å². The molecule has 2 rings (SSSR count). The van der Waals surface area contributed by atoms with Crippen LogP contribution in [0, 0.1) is 0 Å². The monoisotopic (exact) mass is 383 g/mol. The van der Waals surface area contributed by atoms with E-state index in [1.807, 2.05) is 0 Å². The van der Waals surface area contributed by atoms with E-state index in [2.05, 4.69) is 15.6 Å². The van der Waals surface area contributed by atoms with Gasteiger partial charge in [-0.2, -0.15) is 0 Å². The van der Waals surface area contributed by atoms with Gasteiger partial charge in [0.1, 0.15) is 0 Å². The van der Waals surface area contributed by atoms with Crippen LogP contribution in [-0.2, 0) is 20.7 Å². The van der Waals surface area contributed by atoms with Gasteiger partial charge in [-0.3, -0.25) is 14.9 Å². The highest BCUT2D eigenvalue weighted by atomic mass is 35.5. The van der Waals surface area contributed by atoms with E-state index in [0.29, 0.717) is 21.4 Å². The van der Waals surface area contributed by atoms with Crippen LogP contribution in [0.15, 0.2) is 29.6 Å². The van der Waals surface area contributed by atoms with Gasteiger partial charge in [0.2, 0.25) is 5.91 Å². The fourth-order valence-electron chi connectivity index (χ4n) is 1.90. The quantitative estimate of drug-likeness (QED) is 0.683. The number of ether oxygens (including phenoxy) is 2. The van der Waals surface area contributed by atoms with Crippen LogP contribution >= 0.6 is 22.9 Å². The molecule has 0 unspecified atom stereocenters. The summed E-state index contributed by atoms with van der Waals surface area (Å²) < 4.78 is 9.98. The average Bonchev–Trinajstić information content (AvgIpc) is 3.03. The van der Waals surface area contributed by atoms with Crippen LogP contribution in [0.4, 0.5) is 5.13 Å². The summed E-state index contributed by atoms with van der Waals surface area (Å²) in [6, 6.07) is 6.53. The number of anilines is 1. The Morgan fingerprint density at radius 2 is 1.92 bits per heavy atom. The SMILES string of the molecule is COC(CNC(=O)Cc1csc(NC(=O)c2ccc(Cl)cc2)n1)OC. The van der Waals surface area contributed by atoms with E-state index in [1.54, 1.807) is 29.6 Å². The van der Waals surface area contributed by atoms with Gasteiger partial charge < -0.3 is 14.8 Å². The molecule has 0 saturated heterocycles. The first-order chi connectivity index (χ1) is 12.0. The second-order valence-electron chi connectivity index (χ2n) is 4.99. The molecule has 1 aromatic carbocycles. The molecule has 2 aromatic rings. The van der Waals surface area contributed by atoms with Gasteiger partial charge in [0.25, 0.3) is 5.91 Å². The Kier molecular flexibility index (Phi) is 7.32. The van der Waals surface area contributed by atoms with Gasteiger partial charge in [-0.15, -0.1) is 11.3 Å². The predicted molar refractivity (Wildman–Crippen MR) is 96.0 cm³/mol. The number of halogens is 1. The molecule has 9 heteroatoms. The summed E-state index contributed by atoms with van der Waals surface area (Å²) in [5, 5.41) is 8.09. The largest absolute Gasteiger partial charge is 0.354 e. The fraction of sp³-hybridized carbons (Fsp3) is 0.312. The van der Waals surface area contributed by atoms with Gasteiger partial charge in [0.15, 0.2) is 11.4 Å². The van der Waals surface area contributed by atoms with E-state index < -0.39 is 6.29 Å². The lowest BCUT2D eigenvalue weighted by Crippen LogP contribution is -2.35. The Bertz CT molecular complexity index is 716. The zero-order chi connectivity index (χ0) is 18.2. The van der Waals surface area contributed by atoms with Gasteiger partial charge >= 0.3 is 0 Å². The third-order valence-corrected chi connectivity index (χ3v) is 4.27. The fourth-order valence-corrected chi connectivity index (χ4v) is 2.73. The molecular weight excluding hydrogens is 366 g/mol. The number of nitrogens with one attached hydrogen (secondary N) is 2. The standard InChI is InChI=1S/C16H18ClN3O4S/c1-23-14(24-2)8-18-13(21)7-12-9-25-16(19-12)20-15(22)10-3-5-11(17)6-4-10/h3-6,9,14H,7-8H2,1-2H3,(H,18,21)(H,19,20,22). The highest BCUT2D eigenvalue weighted by Gasteiger charge is 2.12. The normalized spacial score (nSPS) is 10.7. The maximum Gasteiger partial charge on any atom is 0.257 e. The molecule has 0 aliphatic rings. The summed E-state index contributed by atoms with van der Waals surface area (Å²) in [6.07, 6.45) is -0.387. The number of thiazole rings is 1. The van der Waals surface area contributed by atoms with Crippen molar-refractivity contribution in [1.29, 1.82) is 0 Å². The topological polar surface area (TPSA) is 89.6 Å². The van der Waals surface area contributed by atoms with Crippen molar-refractivity contribution in [3.63, 3.8) is 0 Å². The second-order valence-corrected chi connectivity index (χ2v) is 6.28. The molecule has 2 amide bonds. The van der Waals surface area contributed by atoms with Crippen molar-refractivity contribution in [3.05, 3.63) is 45.9 Å². The van der Waals surface area contributed by atoms with Crippen molar-refractivity contribution in [2.75, 3.05) is 26.1 Å². The molecule has 0 spiro atoms. The number of hydrogen-bond donors (Lipinski definition) is 2. The lowest BCUT2D eigenvalue weighted by Gasteiger charge is -2.13. The molecule has 0 radical (unpaired) electrons. The smallest absolute Gasteiger partial charge is 0.257 e. The van der Waals surface area contributed by atoms with Crippen LogP contribution in [0.3, 0.4) is 0 Å². The third-order valence-electron chi connectivity index (χ3n) is 3.21. The first kappa shape index (κ1) is 19.3. The highest BCUT2D eigenvalue weighted by molar-refractivity contribution is 7.14. The molecule has 0 atom stereocenters. The van der Waals surface area contributed by atoms with E-state index >= 15 is 0 Å². The number of carbonyl (C=O) groups is 2. The lowest BCUT2D eigenvalue weighted by atomic mass is 10.2. The van der Waals surface area contributed by atoms with E-state index in [0.717, 1.165) is 0 Å². The number of aromatic nitrogens is 1. The number of benzene rings is 1. The zero-order valence-electron chi connectivity index (χ0n) is 13.7. The van der Waals surface area contributed by atoms with E-state index in [1.165, 1.54) is 25.6 Å². The molecular formula is C16H18ClN3O4S. The van der Waals surface area contributed by atoms with Crippen LogP contribution < -0.4 is 10.6 Å². The lowest BCUT2D eigenvalue weighted by molar-refractivity contribution is -0.126. The van der Waals surface area contributed by atoms with Crippen molar-refractivity contribution in [1.82, 2.24) is 10.3 Å². The molecule has 1 aromatic heterocycles. The minimum atomic E-state index is -0.492. The van der Waals surface area contributed by atoms with E-state index in [4.69, 9.17) is 21.1 Å². The molecule has 0 aliphatic carbocycles. The number of rotatable bonds is 8. The minimum absolute atomic E-state index is 0.105. The molecule has 134 valence electrons. The number of carbonyl (C=O) groups excluding carboxylic acids is 2. The van der Waals surface area contributed by atoms with Crippen LogP contribution in [0.5, 0.6) is 0 Å². The third kappa shape index (κ3) is 6.09. The maximum atomic E-state index is 12.1. The number of amides is 2. The van der Waals surface area contributed by atoms with Gasteiger partial charge in [0.05, 0.1) is 18.7 Å². The van der Waals surface area contributed by atoms with E-state index in [9.17, 15) is 9.59 Å². The van der Waals surface area contributed by atoms with Gasteiger partial charge in [-0.25, -0.2) is 4.98 Å². The molecule has 2 N–H and O–H groups in total. The molecule has 0 fully saturated rings. The maximum absolute atomic E-state index is 12.1. The average molecular weight is 384 g/mol. The predicted octanol–water partition coefficient (Wildman–Crippen LogP) is 2.33. The first-order valence-electron chi connectivity index (χ1n) is 7.35. The zero-order valence-corrected chi connectivity index (χ0v) is 15.3. The highest BCUT2D eigenvalue weighted by Crippen LogP contribution is 2.17. The second kappa shape index (κ2) is 9.47. The summed E-state index contributed by atoms with van der Waals surface area (Å²) in [6.45, 7) is 0.246. The molecule has 0 bridgehead atoms. The number of nitrogens with zero attached hydrogens (tertiary/aromatic N) is 1. The summed E-state index contributed by atoms with van der Waals surface area (Å²) in [5.74, 6) is -0.495. The summed E-state index contributed by atoms with van der Waals surface area (Å²) in [7, 11) is 2.99. The Hall–Kier alpha value is -2.00. The summed E-state index contributed by atoms with van der Waals surface area (Å²) >= 11 is 7.05. The summed E-state index contributed by atoms with van der Waals surface area (Å²) in [4.78, 5) is 28.2. The Balaban J connectivity index is 1.86. The van der Waals surface area contributed by atoms with Crippen molar-refractivity contribution in [2.24, 2.45) is 0 Å². The Morgan fingerprint density at radius 1 is 1.24 bits per heavy atom. The van der Waals surface area contributed by atoms with Gasteiger partial charge in [0, 0.05) is 30.2 Å².